The Balaban J connectivity index is 2.78. The summed E-state index contributed by atoms with van der Waals surface area (Å²) < 4.78 is 0. The van der Waals surface area contributed by atoms with E-state index in [-0.39, 0.29) is 0 Å². The van der Waals surface area contributed by atoms with Gasteiger partial charge in [0.25, 0.3) is 0 Å². The van der Waals surface area contributed by atoms with Crippen molar-refractivity contribution in [2.24, 2.45) is 0 Å². The summed E-state index contributed by atoms with van der Waals surface area (Å²) in [5.41, 5.74) is 0. The minimum Gasteiger partial charge on any atom is -0.354 e. The second-order valence-electron chi connectivity index (χ2n) is 3.72. The fraction of sp³-hybridized carbons (Fsp3) is 0.583. The molecule has 0 aliphatic heterocycles. The van der Waals surface area contributed by atoms with E-state index in [1.165, 1.54) is 0 Å². The SMILES string of the molecule is C#CCNc1nc(NCCC)nc(NCCC)n1. The molecule has 1 aromatic rings. The molecule has 0 amide bonds. The maximum atomic E-state index is 5.20. The number of aromatic nitrogens is 3. The summed E-state index contributed by atoms with van der Waals surface area (Å²) in [4.78, 5) is 12.8. The van der Waals surface area contributed by atoms with Gasteiger partial charge < -0.3 is 16.0 Å². The van der Waals surface area contributed by atoms with E-state index < -0.39 is 0 Å². The molecule has 0 spiro atoms. The standard InChI is InChI=1S/C12H20N6/c1-4-7-13-10-16-11(14-8-5-2)18-12(17-10)15-9-6-3/h1H,5-9H2,2-3H3,(H3,13,14,15,16,17,18). The molecule has 1 rings (SSSR count). The highest BCUT2D eigenvalue weighted by Gasteiger charge is 2.04. The average molecular weight is 248 g/mol. The molecular weight excluding hydrogens is 228 g/mol. The predicted octanol–water partition coefficient (Wildman–Crippen LogP) is 1.56. The van der Waals surface area contributed by atoms with Crippen molar-refractivity contribution in [2.75, 3.05) is 35.6 Å². The highest BCUT2D eigenvalue weighted by atomic mass is 15.3. The number of hydrogen-bond acceptors (Lipinski definition) is 6. The van der Waals surface area contributed by atoms with Crippen molar-refractivity contribution < 1.29 is 0 Å². The van der Waals surface area contributed by atoms with Crippen LogP contribution in [0.1, 0.15) is 26.7 Å². The average Bonchev–Trinajstić information content (AvgIpc) is 2.40. The Hall–Kier alpha value is -2.03. The lowest BCUT2D eigenvalue weighted by Crippen LogP contribution is -2.13. The molecular formula is C12H20N6. The summed E-state index contributed by atoms with van der Waals surface area (Å²) >= 11 is 0. The highest BCUT2D eigenvalue weighted by Crippen LogP contribution is 2.09. The van der Waals surface area contributed by atoms with Crippen molar-refractivity contribution in [1.29, 1.82) is 0 Å². The lowest BCUT2D eigenvalue weighted by Gasteiger charge is -2.09. The Labute approximate surface area is 108 Å². The zero-order chi connectivity index (χ0) is 13.2. The van der Waals surface area contributed by atoms with Crippen LogP contribution in [0.4, 0.5) is 17.8 Å². The van der Waals surface area contributed by atoms with E-state index in [1.54, 1.807) is 0 Å². The van der Waals surface area contributed by atoms with E-state index in [0.717, 1.165) is 25.9 Å². The second-order valence-corrected chi connectivity index (χ2v) is 3.72. The smallest absolute Gasteiger partial charge is 0.230 e. The van der Waals surface area contributed by atoms with Gasteiger partial charge in [0.15, 0.2) is 0 Å². The molecule has 0 atom stereocenters. The Morgan fingerprint density at radius 1 is 0.889 bits per heavy atom. The third-order valence-corrected chi connectivity index (χ3v) is 2.05. The molecule has 0 unspecified atom stereocenters. The Bertz CT molecular complexity index is 372. The van der Waals surface area contributed by atoms with Crippen LogP contribution >= 0.6 is 0 Å². The van der Waals surface area contributed by atoms with Gasteiger partial charge in [0.05, 0.1) is 6.54 Å². The van der Waals surface area contributed by atoms with E-state index in [4.69, 9.17) is 6.42 Å². The molecule has 18 heavy (non-hydrogen) atoms. The van der Waals surface area contributed by atoms with Crippen LogP contribution in [0.2, 0.25) is 0 Å². The molecule has 0 bridgehead atoms. The van der Waals surface area contributed by atoms with Gasteiger partial charge in [-0.15, -0.1) is 6.42 Å². The first-order chi connectivity index (χ1) is 8.80. The molecule has 0 aliphatic rings. The zero-order valence-corrected chi connectivity index (χ0v) is 11.0. The van der Waals surface area contributed by atoms with Crippen molar-refractivity contribution in [1.82, 2.24) is 15.0 Å². The van der Waals surface area contributed by atoms with Gasteiger partial charge in [-0.3, -0.25) is 0 Å². The molecule has 3 N–H and O–H groups in total. The highest BCUT2D eigenvalue weighted by molar-refractivity contribution is 5.42. The lowest BCUT2D eigenvalue weighted by atomic mass is 10.5. The summed E-state index contributed by atoms with van der Waals surface area (Å²) in [5.74, 6) is 4.10. The monoisotopic (exact) mass is 248 g/mol. The fourth-order valence-corrected chi connectivity index (χ4v) is 1.22. The van der Waals surface area contributed by atoms with Crippen molar-refractivity contribution in [3.05, 3.63) is 0 Å². The number of nitrogens with zero attached hydrogens (tertiary/aromatic N) is 3. The molecule has 1 heterocycles. The van der Waals surface area contributed by atoms with Crippen molar-refractivity contribution in [2.45, 2.75) is 26.7 Å². The van der Waals surface area contributed by atoms with Crippen LogP contribution in [0, 0.1) is 12.3 Å². The second kappa shape index (κ2) is 8.12. The molecule has 0 saturated heterocycles. The largest absolute Gasteiger partial charge is 0.354 e. The molecule has 0 saturated carbocycles. The maximum absolute atomic E-state index is 5.20. The topological polar surface area (TPSA) is 74.8 Å². The van der Waals surface area contributed by atoms with Crippen LogP contribution in [0.25, 0.3) is 0 Å². The van der Waals surface area contributed by atoms with Crippen molar-refractivity contribution in [3.8, 4) is 12.3 Å². The van der Waals surface area contributed by atoms with Crippen LogP contribution in [0.3, 0.4) is 0 Å². The molecule has 0 aromatic carbocycles. The first-order valence-corrected chi connectivity index (χ1v) is 6.21. The minimum absolute atomic E-state index is 0.393. The minimum atomic E-state index is 0.393. The van der Waals surface area contributed by atoms with Crippen molar-refractivity contribution >= 4 is 17.8 Å². The molecule has 0 fully saturated rings. The van der Waals surface area contributed by atoms with Crippen LogP contribution in [-0.2, 0) is 0 Å². The third kappa shape index (κ3) is 4.87. The van der Waals surface area contributed by atoms with E-state index in [9.17, 15) is 0 Å². The molecule has 0 radical (unpaired) electrons. The molecule has 6 heteroatoms. The van der Waals surface area contributed by atoms with E-state index >= 15 is 0 Å². The molecule has 98 valence electrons. The quantitative estimate of drug-likeness (QED) is 0.606. The summed E-state index contributed by atoms with van der Waals surface area (Å²) in [5, 5.41) is 9.22. The van der Waals surface area contributed by atoms with Gasteiger partial charge >= 0.3 is 0 Å². The molecule has 1 aromatic heterocycles. The Kier molecular flexibility index (Phi) is 6.33. The van der Waals surface area contributed by atoms with Gasteiger partial charge in [-0.25, -0.2) is 0 Å². The number of rotatable bonds is 8. The van der Waals surface area contributed by atoms with Gasteiger partial charge in [0.1, 0.15) is 0 Å². The van der Waals surface area contributed by atoms with Gasteiger partial charge in [-0.2, -0.15) is 15.0 Å². The Morgan fingerprint density at radius 3 is 1.72 bits per heavy atom. The van der Waals surface area contributed by atoms with Crippen LogP contribution in [0.15, 0.2) is 0 Å². The Morgan fingerprint density at radius 2 is 1.33 bits per heavy atom. The maximum Gasteiger partial charge on any atom is 0.230 e. The van der Waals surface area contributed by atoms with E-state index in [0.29, 0.717) is 24.4 Å². The molecule has 6 nitrogen and oxygen atoms in total. The summed E-state index contributed by atoms with van der Waals surface area (Å²) in [6.45, 7) is 6.21. The summed E-state index contributed by atoms with van der Waals surface area (Å²) in [7, 11) is 0. The lowest BCUT2D eigenvalue weighted by molar-refractivity contribution is 0.917. The van der Waals surface area contributed by atoms with E-state index in [1.807, 2.05) is 0 Å². The molecule has 0 aliphatic carbocycles. The normalized spacial score (nSPS) is 9.61. The third-order valence-electron chi connectivity index (χ3n) is 2.05. The van der Waals surface area contributed by atoms with Crippen LogP contribution < -0.4 is 16.0 Å². The van der Waals surface area contributed by atoms with Gasteiger partial charge in [-0.05, 0) is 12.8 Å². The summed E-state index contributed by atoms with van der Waals surface area (Å²) in [6, 6.07) is 0. The first-order valence-electron chi connectivity index (χ1n) is 6.21. The van der Waals surface area contributed by atoms with Gasteiger partial charge in [-0.1, -0.05) is 19.8 Å². The van der Waals surface area contributed by atoms with Gasteiger partial charge in [0, 0.05) is 13.1 Å². The predicted molar refractivity (Wildman–Crippen MR) is 74.7 cm³/mol. The summed E-state index contributed by atoms with van der Waals surface area (Å²) in [6.07, 6.45) is 7.22. The number of hydrogen-bond donors (Lipinski definition) is 3. The fourth-order valence-electron chi connectivity index (χ4n) is 1.22. The van der Waals surface area contributed by atoms with Crippen LogP contribution in [0.5, 0.6) is 0 Å². The van der Waals surface area contributed by atoms with Crippen molar-refractivity contribution in [3.63, 3.8) is 0 Å². The van der Waals surface area contributed by atoms with Crippen LogP contribution in [-0.4, -0.2) is 34.6 Å². The first kappa shape index (κ1) is 14.0. The van der Waals surface area contributed by atoms with E-state index in [2.05, 4.69) is 50.7 Å². The zero-order valence-electron chi connectivity index (χ0n) is 11.0. The number of anilines is 3. The number of nitrogens with one attached hydrogen (secondary N) is 3. The van der Waals surface area contributed by atoms with Gasteiger partial charge in [0.2, 0.25) is 17.8 Å². The number of terminal acetylenes is 1.